The minimum absolute atomic E-state index is 0.0325. The Kier molecular flexibility index (Phi) is 8.06. The summed E-state index contributed by atoms with van der Waals surface area (Å²) in [6.45, 7) is 3.24. The van der Waals surface area contributed by atoms with Crippen molar-refractivity contribution < 1.29 is 24.2 Å². The average molecular weight is 479 g/mol. The number of carbonyl (C=O) groups excluding carboxylic acids is 2. The second-order valence-corrected chi connectivity index (χ2v) is 9.36. The summed E-state index contributed by atoms with van der Waals surface area (Å²) in [5.74, 6) is -1.20. The van der Waals surface area contributed by atoms with Crippen molar-refractivity contribution in [3.63, 3.8) is 0 Å². The van der Waals surface area contributed by atoms with E-state index in [0.29, 0.717) is 39.0 Å². The number of nitrogens with one attached hydrogen (secondary N) is 1. The first-order valence-electron chi connectivity index (χ1n) is 12.6. The highest BCUT2D eigenvalue weighted by molar-refractivity contribution is 5.80. The zero-order valence-corrected chi connectivity index (χ0v) is 20.2. The normalized spacial score (nSPS) is 18.7. The molecule has 1 aliphatic carbocycles. The lowest BCUT2D eigenvalue weighted by Gasteiger charge is -2.25. The largest absolute Gasteiger partial charge is 0.481 e. The third kappa shape index (κ3) is 5.50. The molecule has 1 fully saturated rings. The molecule has 2 amide bonds. The van der Waals surface area contributed by atoms with Crippen LogP contribution in [0.25, 0.3) is 11.1 Å². The van der Waals surface area contributed by atoms with Gasteiger partial charge in [0.2, 0.25) is 5.91 Å². The number of amides is 2. The topological polar surface area (TPSA) is 95.9 Å². The maximum absolute atomic E-state index is 12.6. The molecule has 7 heteroatoms. The number of rotatable bonds is 10. The van der Waals surface area contributed by atoms with Gasteiger partial charge in [-0.3, -0.25) is 9.59 Å². The van der Waals surface area contributed by atoms with Crippen molar-refractivity contribution in [1.29, 1.82) is 0 Å². The van der Waals surface area contributed by atoms with Crippen molar-refractivity contribution in [3.8, 4) is 11.1 Å². The molecule has 1 aliphatic heterocycles. The van der Waals surface area contributed by atoms with Gasteiger partial charge in [0, 0.05) is 31.5 Å². The summed E-state index contributed by atoms with van der Waals surface area (Å²) in [5.41, 5.74) is 4.77. The van der Waals surface area contributed by atoms with Crippen molar-refractivity contribution >= 4 is 18.0 Å². The fourth-order valence-electron chi connectivity index (χ4n) is 5.52. The van der Waals surface area contributed by atoms with E-state index in [2.05, 4.69) is 29.6 Å². The number of likely N-dealkylation sites (tertiary alicyclic amines) is 1. The molecule has 2 aromatic rings. The van der Waals surface area contributed by atoms with Crippen LogP contribution in [0.2, 0.25) is 0 Å². The Labute approximate surface area is 206 Å². The minimum Gasteiger partial charge on any atom is -0.481 e. The van der Waals surface area contributed by atoms with Crippen LogP contribution in [0.3, 0.4) is 0 Å². The molecule has 2 aromatic carbocycles. The zero-order valence-electron chi connectivity index (χ0n) is 20.2. The summed E-state index contributed by atoms with van der Waals surface area (Å²) in [7, 11) is 0. The van der Waals surface area contributed by atoms with Crippen LogP contribution in [-0.2, 0) is 14.3 Å². The van der Waals surface area contributed by atoms with Gasteiger partial charge in [-0.05, 0) is 47.9 Å². The Bertz CT molecular complexity index is 1020. The van der Waals surface area contributed by atoms with Gasteiger partial charge >= 0.3 is 12.1 Å². The summed E-state index contributed by atoms with van der Waals surface area (Å²) in [5, 5.41) is 12.1. The SMILES string of the molecule is CCC1C(C(=O)O)CCN1C(=O)CCCCCNC(=O)OCC1c2ccccc2-c2ccccc21. The van der Waals surface area contributed by atoms with Crippen molar-refractivity contribution in [3.05, 3.63) is 59.7 Å². The number of benzene rings is 2. The zero-order chi connectivity index (χ0) is 24.8. The second-order valence-electron chi connectivity index (χ2n) is 9.36. The lowest BCUT2D eigenvalue weighted by Crippen LogP contribution is -2.39. The van der Waals surface area contributed by atoms with Gasteiger partial charge in [-0.15, -0.1) is 0 Å². The predicted octanol–water partition coefficient (Wildman–Crippen LogP) is 4.80. The van der Waals surface area contributed by atoms with E-state index in [1.54, 1.807) is 4.90 Å². The molecule has 2 atom stereocenters. The van der Waals surface area contributed by atoms with E-state index in [4.69, 9.17) is 4.74 Å². The third-order valence-electron chi connectivity index (χ3n) is 7.28. The Morgan fingerprint density at radius 3 is 2.29 bits per heavy atom. The predicted molar refractivity (Wildman–Crippen MR) is 133 cm³/mol. The average Bonchev–Trinajstić information content (AvgIpc) is 3.44. The van der Waals surface area contributed by atoms with Crippen LogP contribution in [0.1, 0.15) is 62.5 Å². The van der Waals surface area contributed by atoms with Gasteiger partial charge in [0.05, 0.1) is 5.92 Å². The molecule has 7 nitrogen and oxygen atoms in total. The number of ether oxygens (including phenoxy) is 1. The quantitative estimate of drug-likeness (QED) is 0.479. The van der Waals surface area contributed by atoms with Crippen LogP contribution in [0, 0.1) is 5.92 Å². The number of hydrogen-bond donors (Lipinski definition) is 2. The van der Waals surface area contributed by atoms with Gasteiger partial charge in [-0.25, -0.2) is 4.79 Å². The molecular weight excluding hydrogens is 444 g/mol. The highest BCUT2D eigenvalue weighted by Gasteiger charge is 2.39. The van der Waals surface area contributed by atoms with Crippen molar-refractivity contribution in [2.45, 2.75) is 57.4 Å². The first-order valence-corrected chi connectivity index (χ1v) is 12.6. The van der Waals surface area contributed by atoms with Crippen LogP contribution in [0.4, 0.5) is 4.79 Å². The number of fused-ring (bicyclic) bond motifs is 3. The fourth-order valence-corrected chi connectivity index (χ4v) is 5.52. The summed E-state index contributed by atoms with van der Waals surface area (Å²) >= 11 is 0. The highest BCUT2D eigenvalue weighted by atomic mass is 16.5. The van der Waals surface area contributed by atoms with Gasteiger partial charge < -0.3 is 20.1 Å². The number of carbonyl (C=O) groups is 3. The minimum atomic E-state index is -0.813. The number of carboxylic acids is 1. The van der Waals surface area contributed by atoms with E-state index in [0.717, 1.165) is 19.3 Å². The molecule has 1 saturated heterocycles. The molecule has 4 rings (SSSR count). The third-order valence-corrected chi connectivity index (χ3v) is 7.28. The van der Waals surface area contributed by atoms with E-state index < -0.39 is 18.0 Å². The van der Waals surface area contributed by atoms with Crippen LogP contribution < -0.4 is 5.32 Å². The van der Waals surface area contributed by atoms with Crippen LogP contribution in [0.5, 0.6) is 0 Å². The van der Waals surface area contributed by atoms with Crippen LogP contribution in [0.15, 0.2) is 48.5 Å². The Balaban J connectivity index is 1.14. The van der Waals surface area contributed by atoms with E-state index in [9.17, 15) is 19.5 Å². The van der Waals surface area contributed by atoms with Gasteiger partial charge in [-0.1, -0.05) is 61.9 Å². The van der Waals surface area contributed by atoms with Crippen LogP contribution >= 0.6 is 0 Å². The fraction of sp³-hybridized carbons (Fsp3) is 0.464. The molecule has 186 valence electrons. The smallest absolute Gasteiger partial charge is 0.407 e. The molecule has 0 bridgehead atoms. The summed E-state index contributed by atoms with van der Waals surface area (Å²) < 4.78 is 5.55. The standard InChI is InChI=1S/C28H34N2O5/c1-2-25-23(27(32)33)15-17-30(25)26(31)14-4-3-9-16-29-28(34)35-18-24-21-12-7-5-10-19(21)20-11-6-8-13-22(20)24/h5-8,10-13,23-25H,2-4,9,14-18H2,1H3,(H,29,34)(H,32,33). The first kappa shape index (κ1) is 24.8. The van der Waals surface area contributed by atoms with Crippen molar-refractivity contribution in [2.24, 2.45) is 5.92 Å². The van der Waals surface area contributed by atoms with Gasteiger partial charge in [0.25, 0.3) is 0 Å². The Morgan fingerprint density at radius 1 is 1.00 bits per heavy atom. The molecular formula is C28H34N2O5. The second kappa shape index (κ2) is 11.4. The maximum atomic E-state index is 12.6. The first-order chi connectivity index (χ1) is 17.0. The number of hydrogen-bond acceptors (Lipinski definition) is 4. The monoisotopic (exact) mass is 478 g/mol. The Hall–Kier alpha value is -3.35. The number of carboxylic acid groups (broad SMARTS) is 1. The Morgan fingerprint density at radius 2 is 1.66 bits per heavy atom. The van der Waals surface area contributed by atoms with E-state index >= 15 is 0 Å². The lowest BCUT2D eigenvalue weighted by molar-refractivity contribution is -0.143. The number of nitrogens with zero attached hydrogens (tertiary/aromatic N) is 1. The molecule has 2 unspecified atom stereocenters. The molecule has 0 saturated carbocycles. The van der Waals surface area contributed by atoms with Crippen molar-refractivity contribution in [1.82, 2.24) is 10.2 Å². The lowest BCUT2D eigenvalue weighted by atomic mass is 9.98. The highest BCUT2D eigenvalue weighted by Crippen LogP contribution is 2.44. The van der Waals surface area contributed by atoms with Gasteiger partial charge in [-0.2, -0.15) is 0 Å². The molecule has 2 aliphatic rings. The molecule has 2 N–H and O–H groups in total. The molecule has 0 aromatic heterocycles. The molecule has 0 spiro atoms. The summed E-state index contributed by atoms with van der Waals surface area (Å²) in [6.07, 6.45) is 3.46. The molecule has 1 heterocycles. The number of aliphatic carboxylic acids is 1. The summed E-state index contributed by atoms with van der Waals surface area (Å²) in [6, 6.07) is 16.3. The number of unbranched alkanes of at least 4 members (excludes halogenated alkanes) is 2. The van der Waals surface area contributed by atoms with Gasteiger partial charge in [0.1, 0.15) is 6.61 Å². The van der Waals surface area contributed by atoms with Gasteiger partial charge in [0.15, 0.2) is 0 Å². The number of alkyl carbamates (subject to hydrolysis) is 1. The van der Waals surface area contributed by atoms with Crippen LogP contribution in [-0.4, -0.2) is 53.7 Å². The summed E-state index contributed by atoms with van der Waals surface area (Å²) in [4.78, 5) is 37.9. The van der Waals surface area contributed by atoms with E-state index in [1.165, 1.54) is 22.3 Å². The maximum Gasteiger partial charge on any atom is 0.407 e. The molecule has 35 heavy (non-hydrogen) atoms. The van der Waals surface area contributed by atoms with E-state index in [1.807, 2.05) is 31.2 Å². The molecule has 0 radical (unpaired) electrons. The van der Waals surface area contributed by atoms with E-state index in [-0.39, 0.29) is 17.9 Å². The van der Waals surface area contributed by atoms with Crippen molar-refractivity contribution in [2.75, 3.05) is 19.7 Å².